The summed E-state index contributed by atoms with van der Waals surface area (Å²) in [5.74, 6) is 0.889. The van der Waals surface area contributed by atoms with Crippen LogP contribution in [0.3, 0.4) is 0 Å². The van der Waals surface area contributed by atoms with Gasteiger partial charge in [0.05, 0.1) is 12.3 Å². The minimum atomic E-state index is 0.0386. The van der Waals surface area contributed by atoms with E-state index in [2.05, 4.69) is 73.1 Å². The minimum Gasteiger partial charge on any atom is -0.494 e. The number of nitrogens with one attached hydrogen (secondary N) is 1. The van der Waals surface area contributed by atoms with Crippen molar-refractivity contribution in [1.82, 2.24) is 10.3 Å². The zero-order valence-corrected chi connectivity index (χ0v) is 20.5. The SMILES string of the molecule is CCc1ccc(OCCCC(=O)NCc2ccc(-c3nc(-c4ccc(C)cc4)cs3)cc2)cc1. The molecule has 1 N–H and O–H groups in total. The number of aryl methyl sites for hydroxylation is 2. The van der Waals surface area contributed by atoms with E-state index in [9.17, 15) is 4.79 Å². The molecule has 34 heavy (non-hydrogen) atoms. The van der Waals surface area contributed by atoms with Crippen molar-refractivity contribution < 1.29 is 9.53 Å². The Morgan fingerprint density at radius 3 is 2.29 bits per heavy atom. The molecule has 0 fully saturated rings. The van der Waals surface area contributed by atoms with Gasteiger partial charge in [-0.3, -0.25) is 4.79 Å². The van der Waals surface area contributed by atoms with Crippen molar-refractivity contribution in [2.24, 2.45) is 0 Å². The molecule has 4 rings (SSSR count). The molecular weight excluding hydrogens is 440 g/mol. The van der Waals surface area contributed by atoms with Gasteiger partial charge in [0.1, 0.15) is 10.8 Å². The monoisotopic (exact) mass is 470 g/mol. The number of ether oxygens (including phenoxy) is 1. The van der Waals surface area contributed by atoms with E-state index in [0.29, 0.717) is 26.0 Å². The van der Waals surface area contributed by atoms with Crippen LogP contribution in [0.4, 0.5) is 0 Å². The van der Waals surface area contributed by atoms with Crippen LogP contribution in [-0.2, 0) is 17.8 Å². The molecule has 0 aliphatic carbocycles. The van der Waals surface area contributed by atoms with E-state index in [-0.39, 0.29) is 5.91 Å². The van der Waals surface area contributed by atoms with Crippen LogP contribution < -0.4 is 10.1 Å². The summed E-state index contributed by atoms with van der Waals surface area (Å²) in [6.45, 7) is 5.27. The maximum absolute atomic E-state index is 12.2. The molecule has 0 bridgehead atoms. The topological polar surface area (TPSA) is 51.2 Å². The van der Waals surface area contributed by atoms with Crippen LogP contribution in [0, 0.1) is 6.92 Å². The Labute approximate surface area is 205 Å². The second kappa shape index (κ2) is 11.6. The largest absolute Gasteiger partial charge is 0.494 e. The van der Waals surface area contributed by atoms with Crippen LogP contribution in [0.1, 0.15) is 36.5 Å². The van der Waals surface area contributed by atoms with Gasteiger partial charge >= 0.3 is 0 Å². The lowest BCUT2D eigenvalue weighted by atomic mass is 10.1. The highest BCUT2D eigenvalue weighted by Crippen LogP contribution is 2.29. The molecule has 0 atom stereocenters. The Hall–Kier alpha value is -3.44. The molecule has 1 amide bonds. The predicted molar refractivity (Wildman–Crippen MR) is 140 cm³/mol. The maximum atomic E-state index is 12.2. The van der Waals surface area contributed by atoms with E-state index in [1.165, 1.54) is 11.1 Å². The summed E-state index contributed by atoms with van der Waals surface area (Å²) in [5.41, 5.74) is 6.82. The molecule has 0 unspecified atom stereocenters. The van der Waals surface area contributed by atoms with Gasteiger partial charge in [-0.2, -0.15) is 0 Å². The fourth-order valence-electron chi connectivity index (χ4n) is 3.56. The lowest BCUT2D eigenvalue weighted by Crippen LogP contribution is -2.22. The Morgan fingerprint density at radius 2 is 1.59 bits per heavy atom. The van der Waals surface area contributed by atoms with Gasteiger partial charge in [-0.05, 0) is 43.0 Å². The summed E-state index contributed by atoms with van der Waals surface area (Å²) in [4.78, 5) is 17.0. The Balaban J connectivity index is 1.20. The number of amides is 1. The average Bonchev–Trinajstić information content (AvgIpc) is 3.37. The van der Waals surface area contributed by atoms with E-state index in [0.717, 1.165) is 39.6 Å². The van der Waals surface area contributed by atoms with Gasteiger partial charge < -0.3 is 10.1 Å². The second-order valence-corrected chi connectivity index (χ2v) is 9.19. The summed E-state index contributed by atoms with van der Waals surface area (Å²) in [5, 5.41) is 6.09. The molecule has 5 heteroatoms. The van der Waals surface area contributed by atoms with Gasteiger partial charge in [0.15, 0.2) is 0 Å². The first-order valence-electron chi connectivity index (χ1n) is 11.7. The summed E-state index contributed by atoms with van der Waals surface area (Å²) in [7, 11) is 0. The summed E-state index contributed by atoms with van der Waals surface area (Å²) < 4.78 is 5.72. The standard InChI is InChI=1S/C29H30N2O2S/c1-3-22-10-16-26(17-11-22)33-18-4-5-28(32)30-19-23-8-14-25(15-9-23)29-31-27(20-34-29)24-12-6-21(2)7-13-24/h6-17,20H,3-5,18-19H2,1-2H3,(H,30,32). The summed E-state index contributed by atoms with van der Waals surface area (Å²) in [6.07, 6.45) is 2.16. The van der Waals surface area contributed by atoms with Crippen LogP contribution in [0.15, 0.2) is 78.2 Å². The highest BCUT2D eigenvalue weighted by molar-refractivity contribution is 7.13. The number of thiazole rings is 1. The van der Waals surface area contributed by atoms with Crippen molar-refractivity contribution in [3.63, 3.8) is 0 Å². The number of carbonyl (C=O) groups is 1. The molecule has 0 saturated heterocycles. The zero-order chi connectivity index (χ0) is 23.8. The molecule has 0 aliphatic heterocycles. The molecule has 0 radical (unpaired) electrons. The quantitative estimate of drug-likeness (QED) is 0.259. The van der Waals surface area contributed by atoms with Crippen LogP contribution in [0.5, 0.6) is 5.75 Å². The molecule has 1 heterocycles. The van der Waals surface area contributed by atoms with Crippen LogP contribution >= 0.6 is 11.3 Å². The first kappa shape index (κ1) is 23.7. The zero-order valence-electron chi connectivity index (χ0n) is 19.7. The predicted octanol–water partition coefficient (Wildman–Crippen LogP) is 6.82. The fraction of sp³-hybridized carbons (Fsp3) is 0.241. The number of hydrogen-bond donors (Lipinski definition) is 1. The van der Waals surface area contributed by atoms with Crippen LogP contribution in [0.2, 0.25) is 0 Å². The minimum absolute atomic E-state index is 0.0386. The number of rotatable bonds is 10. The average molecular weight is 471 g/mol. The van der Waals surface area contributed by atoms with Crippen molar-refractivity contribution in [3.05, 3.63) is 94.9 Å². The van der Waals surface area contributed by atoms with Gasteiger partial charge in [-0.25, -0.2) is 4.98 Å². The van der Waals surface area contributed by atoms with Crippen molar-refractivity contribution in [2.45, 2.75) is 39.7 Å². The van der Waals surface area contributed by atoms with Gasteiger partial charge in [-0.15, -0.1) is 11.3 Å². The highest BCUT2D eigenvalue weighted by Gasteiger charge is 2.08. The number of hydrogen-bond acceptors (Lipinski definition) is 4. The van der Waals surface area contributed by atoms with Crippen molar-refractivity contribution in [2.75, 3.05) is 6.61 Å². The van der Waals surface area contributed by atoms with Crippen LogP contribution in [0.25, 0.3) is 21.8 Å². The normalized spacial score (nSPS) is 10.8. The van der Waals surface area contributed by atoms with Gasteiger partial charge in [0.2, 0.25) is 5.91 Å². The maximum Gasteiger partial charge on any atom is 0.220 e. The van der Waals surface area contributed by atoms with E-state index in [1.807, 2.05) is 24.3 Å². The van der Waals surface area contributed by atoms with E-state index < -0.39 is 0 Å². The number of benzene rings is 3. The third-order valence-corrected chi connectivity index (χ3v) is 6.58. The highest BCUT2D eigenvalue weighted by atomic mass is 32.1. The third kappa shape index (κ3) is 6.55. The molecular formula is C29H30N2O2S. The Morgan fingerprint density at radius 1 is 0.912 bits per heavy atom. The fourth-order valence-corrected chi connectivity index (χ4v) is 4.40. The number of aromatic nitrogens is 1. The summed E-state index contributed by atoms with van der Waals surface area (Å²) >= 11 is 1.64. The second-order valence-electron chi connectivity index (χ2n) is 8.33. The lowest BCUT2D eigenvalue weighted by Gasteiger charge is -2.08. The van der Waals surface area contributed by atoms with E-state index in [4.69, 9.17) is 9.72 Å². The van der Waals surface area contributed by atoms with Crippen LogP contribution in [-0.4, -0.2) is 17.5 Å². The smallest absolute Gasteiger partial charge is 0.220 e. The molecule has 4 nitrogen and oxygen atoms in total. The van der Waals surface area contributed by atoms with Crippen molar-refractivity contribution in [3.8, 4) is 27.6 Å². The molecule has 0 aliphatic rings. The molecule has 1 aromatic heterocycles. The Bertz CT molecular complexity index is 1200. The first-order valence-corrected chi connectivity index (χ1v) is 12.6. The van der Waals surface area contributed by atoms with Gasteiger partial charge in [0.25, 0.3) is 0 Å². The van der Waals surface area contributed by atoms with E-state index in [1.54, 1.807) is 11.3 Å². The number of nitrogens with zero attached hydrogens (tertiary/aromatic N) is 1. The third-order valence-electron chi connectivity index (χ3n) is 5.69. The number of carbonyl (C=O) groups excluding carboxylic acids is 1. The molecule has 0 saturated carbocycles. The van der Waals surface area contributed by atoms with Gasteiger partial charge in [-0.1, -0.05) is 73.2 Å². The molecule has 0 spiro atoms. The van der Waals surface area contributed by atoms with E-state index >= 15 is 0 Å². The molecule has 174 valence electrons. The lowest BCUT2D eigenvalue weighted by molar-refractivity contribution is -0.121. The molecule has 3 aromatic carbocycles. The molecule has 4 aromatic rings. The van der Waals surface area contributed by atoms with Gasteiger partial charge in [0, 0.05) is 29.5 Å². The van der Waals surface area contributed by atoms with Crippen molar-refractivity contribution >= 4 is 17.2 Å². The first-order chi connectivity index (χ1) is 16.6. The summed E-state index contributed by atoms with van der Waals surface area (Å²) in [6, 6.07) is 24.8. The Kier molecular flexibility index (Phi) is 8.10. The van der Waals surface area contributed by atoms with Crippen molar-refractivity contribution in [1.29, 1.82) is 0 Å².